The monoisotopic (exact) mass is 504 g/mol. The number of halogens is 7. The predicted molar refractivity (Wildman–Crippen MR) is 98.9 cm³/mol. The fraction of sp³-hybridized carbons (Fsp3) is 0.235. The zero-order valence-electron chi connectivity index (χ0n) is 15.1. The van der Waals surface area contributed by atoms with Gasteiger partial charge in [0.15, 0.2) is 34.8 Å². The van der Waals surface area contributed by atoms with Gasteiger partial charge in [0.2, 0.25) is 15.8 Å². The summed E-state index contributed by atoms with van der Waals surface area (Å²) in [5.41, 5.74) is 0. The number of benzene rings is 2. The minimum Gasteiger partial charge on any atom is -0.482 e. The van der Waals surface area contributed by atoms with Gasteiger partial charge in [-0.3, -0.25) is 4.79 Å². The highest BCUT2D eigenvalue weighted by molar-refractivity contribution is 7.89. The third-order valence-corrected chi connectivity index (χ3v) is 6.62. The molecule has 0 aliphatic carbocycles. The van der Waals surface area contributed by atoms with E-state index >= 15 is 0 Å². The molecule has 1 fully saturated rings. The summed E-state index contributed by atoms with van der Waals surface area (Å²) in [5, 5.41) is 2.91. The van der Waals surface area contributed by atoms with Crippen molar-refractivity contribution in [3.63, 3.8) is 0 Å². The molecule has 3 rings (SSSR count). The molecule has 1 saturated heterocycles. The Morgan fingerprint density at radius 3 is 2.13 bits per heavy atom. The molecule has 2 aromatic carbocycles. The summed E-state index contributed by atoms with van der Waals surface area (Å²) < 4.78 is 97.6. The molecule has 0 bridgehead atoms. The minimum absolute atomic E-state index is 0.157. The molecular formula is C17H11Cl2F5N2O4S. The van der Waals surface area contributed by atoms with Crippen molar-refractivity contribution in [3.8, 4) is 5.75 Å². The number of ether oxygens (including phenoxy) is 1. The zero-order valence-corrected chi connectivity index (χ0v) is 17.4. The second-order valence-corrected chi connectivity index (χ2v) is 9.07. The van der Waals surface area contributed by atoms with E-state index in [0.29, 0.717) is 9.33 Å². The van der Waals surface area contributed by atoms with E-state index in [1.807, 2.05) is 0 Å². The van der Waals surface area contributed by atoms with Crippen molar-refractivity contribution >= 4 is 39.1 Å². The largest absolute Gasteiger partial charge is 0.482 e. The lowest BCUT2D eigenvalue weighted by Crippen LogP contribution is -2.61. The number of nitrogens with one attached hydrogen (secondary N) is 1. The molecule has 1 aliphatic rings. The van der Waals surface area contributed by atoms with Crippen LogP contribution in [0.15, 0.2) is 23.1 Å². The maximum atomic E-state index is 13.8. The van der Waals surface area contributed by atoms with Crippen molar-refractivity contribution in [2.45, 2.75) is 10.9 Å². The lowest BCUT2D eigenvalue weighted by atomic mass is 10.2. The highest BCUT2D eigenvalue weighted by Crippen LogP contribution is 2.31. The Morgan fingerprint density at radius 1 is 1.03 bits per heavy atom. The molecule has 31 heavy (non-hydrogen) atoms. The first-order valence-corrected chi connectivity index (χ1v) is 10.5. The summed E-state index contributed by atoms with van der Waals surface area (Å²) in [6.45, 7) is -1.38. The third-order valence-electron chi connectivity index (χ3n) is 4.23. The van der Waals surface area contributed by atoms with Crippen molar-refractivity contribution in [3.05, 3.63) is 57.3 Å². The van der Waals surface area contributed by atoms with Gasteiger partial charge in [0.05, 0.1) is 11.1 Å². The topological polar surface area (TPSA) is 75.7 Å². The molecule has 0 spiro atoms. The first kappa shape index (κ1) is 23.5. The van der Waals surface area contributed by atoms with Gasteiger partial charge in [-0.2, -0.15) is 4.31 Å². The van der Waals surface area contributed by atoms with E-state index in [4.69, 9.17) is 27.9 Å². The van der Waals surface area contributed by atoms with Gasteiger partial charge in [-0.15, -0.1) is 0 Å². The van der Waals surface area contributed by atoms with Crippen LogP contribution in [-0.2, 0) is 14.8 Å². The molecule has 1 N–H and O–H groups in total. The van der Waals surface area contributed by atoms with Gasteiger partial charge in [0.25, 0.3) is 5.91 Å². The van der Waals surface area contributed by atoms with Crippen LogP contribution in [-0.4, -0.2) is 44.4 Å². The highest BCUT2D eigenvalue weighted by atomic mass is 35.5. The highest BCUT2D eigenvalue weighted by Gasteiger charge is 2.43. The minimum atomic E-state index is -5.03. The molecule has 1 heterocycles. The number of hydrogen-bond acceptors (Lipinski definition) is 4. The fourth-order valence-corrected chi connectivity index (χ4v) is 4.78. The Morgan fingerprint density at radius 2 is 1.58 bits per heavy atom. The van der Waals surface area contributed by atoms with Crippen molar-refractivity contribution in [1.29, 1.82) is 0 Å². The molecule has 2 aromatic rings. The number of nitrogens with zero attached hydrogens (tertiary/aromatic N) is 1. The Bertz CT molecular complexity index is 1130. The average Bonchev–Trinajstić information content (AvgIpc) is 2.66. The summed E-state index contributed by atoms with van der Waals surface area (Å²) >= 11 is 11.6. The van der Waals surface area contributed by atoms with E-state index in [0.717, 1.165) is 0 Å². The smallest absolute Gasteiger partial charge is 0.258 e. The van der Waals surface area contributed by atoms with E-state index in [1.54, 1.807) is 0 Å². The normalized spacial score (nSPS) is 14.9. The van der Waals surface area contributed by atoms with Crippen molar-refractivity contribution in [1.82, 2.24) is 9.62 Å². The van der Waals surface area contributed by atoms with Gasteiger partial charge in [0.1, 0.15) is 5.75 Å². The average molecular weight is 505 g/mol. The molecule has 168 valence electrons. The molecule has 14 heteroatoms. The van der Waals surface area contributed by atoms with Gasteiger partial charge < -0.3 is 10.1 Å². The molecule has 0 unspecified atom stereocenters. The number of rotatable bonds is 6. The Hall–Kier alpha value is -2.15. The van der Waals surface area contributed by atoms with Crippen LogP contribution in [0.25, 0.3) is 0 Å². The molecule has 1 aliphatic heterocycles. The molecule has 0 aromatic heterocycles. The van der Waals surface area contributed by atoms with Crippen molar-refractivity contribution in [2.24, 2.45) is 0 Å². The Kier molecular flexibility index (Phi) is 6.65. The van der Waals surface area contributed by atoms with E-state index < -0.39 is 75.7 Å². The number of carbonyl (C=O) groups is 1. The van der Waals surface area contributed by atoms with Crippen molar-refractivity contribution in [2.75, 3.05) is 19.7 Å². The Balaban J connectivity index is 1.61. The lowest BCUT2D eigenvalue weighted by molar-refractivity contribution is -0.124. The van der Waals surface area contributed by atoms with Gasteiger partial charge in [0, 0.05) is 18.1 Å². The summed E-state index contributed by atoms with van der Waals surface area (Å²) in [6, 6.07) is 3.53. The second kappa shape index (κ2) is 8.77. The number of carbonyl (C=O) groups excluding carboxylic acids is 1. The molecule has 0 atom stereocenters. The summed E-state index contributed by atoms with van der Waals surface area (Å²) in [6.07, 6.45) is 0. The summed E-state index contributed by atoms with van der Waals surface area (Å²) in [4.78, 5) is 9.98. The van der Waals surface area contributed by atoms with E-state index in [-0.39, 0.29) is 10.8 Å². The van der Waals surface area contributed by atoms with E-state index in [1.165, 1.54) is 18.2 Å². The van der Waals surface area contributed by atoms with E-state index in [9.17, 15) is 35.2 Å². The van der Waals surface area contributed by atoms with Gasteiger partial charge >= 0.3 is 0 Å². The first-order chi connectivity index (χ1) is 14.4. The van der Waals surface area contributed by atoms with Gasteiger partial charge in [-0.05, 0) is 18.2 Å². The quantitative estimate of drug-likeness (QED) is 0.372. The lowest BCUT2D eigenvalue weighted by Gasteiger charge is -2.38. The van der Waals surface area contributed by atoms with Crippen LogP contribution < -0.4 is 10.1 Å². The fourth-order valence-electron chi connectivity index (χ4n) is 2.67. The zero-order chi connectivity index (χ0) is 23.1. The van der Waals surface area contributed by atoms with Crippen LogP contribution in [0.5, 0.6) is 5.75 Å². The Labute approximate surface area is 182 Å². The molecule has 0 saturated carbocycles. The van der Waals surface area contributed by atoms with Crippen LogP contribution in [0.3, 0.4) is 0 Å². The van der Waals surface area contributed by atoms with Crippen LogP contribution in [0.4, 0.5) is 22.0 Å². The van der Waals surface area contributed by atoms with Gasteiger partial charge in [-0.1, -0.05) is 23.2 Å². The maximum absolute atomic E-state index is 13.8. The summed E-state index contributed by atoms with van der Waals surface area (Å²) in [7, 11) is -5.03. The number of amides is 1. The SMILES string of the molecule is O=C(COc1ccc(Cl)cc1Cl)NC1CN(S(=O)(=O)c2c(F)c(F)c(F)c(F)c2F)C1. The van der Waals surface area contributed by atoms with E-state index in [2.05, 4.69) is 5.32 Å². The summed E-state index contributed by atoms with van der Waals surface area (Å²) in [5.74, 6) is -12.6. The standard InChI is InChI=1S/C17H11Cl2F5N2O4S/c18-7-1-2-10(9(19)3-7)30-6-11(27)25-8-4-26(5-8)31(28,29)17-15(23)13(21)12(20)14(22)16(17)24/h1-3,8H,4-6H2,(H,25,27). The van der Waals surface area contributed by atoms with Crippen LogP contribution in [0.1, 0.15) is 0 Å². The molecule has 1 amide bonds. The second-order valence-electron chi connectivity index (χ2n) is 6.35. The third kappa shape index (κ3) is 4.56. The molecular weight excluding hydrogens is 494 g/mol. The number of sulfonamides is 1. The first-order valence-electron chi connectivity index (χ1n) is 8.32. The van der Waals surface area contributed by atoms with Crippen LogP contribution in [0, 0.1) is 29.1 Å². The number of hydrogen-bond donors (Lipinski definition) is 1. The molecule has 0 radical (unpaired) electrons. The molecule has 6 nitrogen and oxygen atoms in total. The van der Waals surface area contributed by atoms with Crippen molar-refractivity contribution < 1.29 is 39.9 Å². The van der Waals surface area contributed by atoms with Crippen LogP contribution in [0.2, 0.25) is 10.0 Å². The van der Waals surface area contributed by atoms with Gasteiger partial charge in [-0.25, -0.2) is 30.4 Å². The predicted octanol–water partition coefficient (Wildman–Crippen LogP) is 3.26. The maximum Gasteiger partial charge on any atom is 0.258 e. The van der Waals surface area contributed by atoms with Crippen LogP contribution >= 0.6 is 23.2 Å².